The number of amides is 2. The maximum absolute atomic E-state index is 12.7. The Hall–Kier alpha value is -3.02. The maximum atomic E-state index is 12.7. The molecular formula is C28H38N2O4. The second-order valence-corrected chi connectivity index (χ2v) is 10.2. The number of anilines is 1. The van der Waals surface area contributed by atoms with Crippen LogP contribution in [0.2, 0.25) is 0 Å². The Bertz CT molecular complexity index is 959. The molecule has 6 heteroatoms. The first-order valence-corrected chi connectivity index (χ1v) is 12.2. The highest BCUT2D eigenvalue weighted by Gasteiger charge is 2.30. The van der Waals surface area contributed by atoms with E-state index in [0.717, 1.165) is 17.2 Å². The average Bonchev–Trinajstić information content (AvgIpc) is 2.82. The minimum absolute atomic E-state index is 0.0699. The van der Waals surface area contributed by atoms with E-state index in [-0.39, 0.29) is 12.3 Å². The van der Waals surface area contributed by atoms with Gasteiger partial charge in [0.1, 0.15) is 6.61 Å². The fourth-order valence-electron chi connectivity index (χ4n) is 4.77. The molecule has 0 spiro atoms. The minimum atomic E-state index is -0.0699. The third-order valence-corrected chi connectivity index (χ3v) is 6.77. The van der Waals surface area contributed by atoms with Crippen molar-refractivity contribution < 1.29 is 19.1 Å². The van der Waals surface area contributed by atoms with E-state index in [2.05, 4.69) is 43.5 Å². The molecule has 184 valence electrons. The van der Waals surface area contributed by atoms with Crippen LogP contribution in [0.5, 0.6) is 11.5 Å². The van der Waals surface area contributed by atoms with Crippen molar-refractivity contribution in [2.45, 2.75) is 58.8 Å². The van der Waals surface area contributed by atoms with Crippen LogP contribution in [-0.4, -0.2) is 32.6 Å². The molecule has 0 aliphatic heterocycles. The predicted molar refractivity (Wildman–Crippen MR) is 135 cm³/mol. The Morgan fingerprint density at radius 3 is 2.50 bits per heavy atom. The molecule has 0 unspecified atom stereocenters. The summed E-state index contributed by atoms with van der Waals surface area (Å²) in [4.78, 5) is 23.1. The second kappa shape index (κ2) is 11.9. The van der Waals surface area contributed by atoms with Gasteiger partial charge in [-0.25, -0.2) is 0 Å². The van der Waals surface area contributed by atoms with Gasteiger partial charge >= 0.3 is 0 Å². The van der Waals surface area contributed by atoms with Crippen LogP contribution in [0.15, 0.2) is 42.5 Å². The molecule has 0 saturated heterocycles. The summed E-state index contributed by atoms with van der Waals surface area (Å²) in [5, 5.41) is 5.60. The molecule has 0 atom stereocenters. The van der Waals surface area contributed by atoms with Crippen molar-refractivity contribution >= 4 is 18.0 Å². The van der Waals surface area contributed by atoms with Gasteiger partial charge in [0.2, 0.25) is 12.3 Å². The van der Waals surface area contributed by atoms with Crippen molar-refractivity contribution in [2.75, 3.05) is 25.6 Å². The Balaban J connectivity index is 1.56. The zero-order valence-corrected chi connectivity index (χ0v) is 20.9. The molecule has 2 amide bonds. The van der Waals surface area contributed by atoms with Crippen molar-refractivity contribution in [2.24, 2.45) is 11.3 Å². The molecule has 0 heterocycles. The number of rotatable bonds is 10. The first kappa shape index (κ1) is 25.6. The summed E-state index contributed by atoms with van der Waals surface area (Å²) in [5.74, 6) is 2.42. The van der Waals surface area contributed by atoms with Crippen molar-refractivity contribution in [3.63, 3.8) is 0 Å². The molecule has 3 rings (SSSR count). The third kappa shape index (κ3) is 7.24. The number of benzene rings is 2. The number of hydrogen-bond acceptors (Lipinski definition) is 4. The highest BCUT2D eigenvalue weighted by molar-refractivity contribution is 5.92. The van der Waals surface area contributed by atoms with E-state index in [1.165, 1.54) is 31.2 Å². The fourth-order valence-corrected chi connectivity index (χ4v) is 4.77. The lowest BCUT2D eigenvalue weighted by molar-refractivity contribution is -0.115. The largest absolute Gasteiger partial charge is 0.493 e. The van der Waals surface area contributed by atoms with Crippen molar-refractivity contribution in [1.29, 1.82) is 0 Å². The van der Waals surface area contributed by atoms with Crippen LogP contribution < -0.4 is 20.1 Å². The van der Waals surface area contributed by atoms with Crippen molar-refractivity contribution in [3.05, 3.63) is 53.6 Å². The van der Waals surface area contributed by atoms with Gasteiger partial charge in [0.25, 0.3) is 0 Å². The molecule has 0 aromatic heterocycles. The van der Waals surface area contributed by atoms with E-state index >= 15 is 0 Å². The van der Waals surface area contributed by atoms with Crippen LogP contribution in [0.25, 0.3) is 0 Å². The van der Waals surface area contributed by atoms with Gasteiger partial charge in [0, 0.05) is 5.69 Å². The van der Waals surface area contributed by atoms with Gasteiger partial charge in [-0.3, -0.25) is 9.59 Å². The predicted octanol–water partition coefficient (Wildman–Crippen LogP) is 5.32. The molecule has 0 bridgehead atoms. The molecule has 6 nitrogen and oxygen atoms in total. The first-order valence-electron chi connectivity index (χ1n) is 12.2. The molecule has 1 aliphatic rings. The molecule has 2 N–H and O–H groups in total. The van der Waals surface area contributed by atoms with E-state index in [4.69, 9.17) is 9.47 Å². The molecule has 1 fully saturated rings. The number of nitrogens with one attached hydrogen (secondary N) is 2. The summed E-state index contributed by atoms with van der Waals surface area (Å²) in [5.41, 5.74) is 3.37. The molecule has 1 saturated carbocycles. The van der Waals surface area contributed by atoms with Gasteiger partial charge < -0.3 is 20.1 Å². The SMILES string of the molecule is COc1cc(CC(=O)Nc2cccc(C3CCC(C(C)(C)C)CC3)c2)ccc1OCCNC=O. The van der Waals surface area contributed by atoms with Crippen molar-refractivity contribution in [1.82, 2.24) is 5.32 Å². The lowest BCUT2D eigenvalue weighted by Gasteiger charge is -2.37. The second-order valence-electron chi connectivity index (χ2n) is 10.2. The number of methoxy groups -OCH3 is 1. The van der Waals surface area contributed by atoms with E-state index in [9.17, 15) is 9.59 Å². The van der Waals surface area contributed by atoms with E-state index < -0.39 is 0 Å². The maximum Gasteiger partial charge on any atom is 0.228 e. The summed E-state index contributed by atoms with van der Waals surface area (Å²) in [7, 11) is 1.57. The van der Waals surface area contributed by atoms with Crippen LogP contribution in [0.3, 0.4) is 0 Å². The van der Waals surface area contributed by atoms with Crippen LogP contribution >= 0.6 is 0 Å². The Morgan fingerprint density at radius 2 is 1.82 bits per heavy atom. The van der Waals surface area contributed by atoms with E-state index in [1.54, 1.807) is 13.2 Å². The molecule has 34 heavy (non-hydrogen) atoms. The van der Waals surface area contributed by atoms with Crippen LogP contribution in [-0.2, 0) is 16.0 Å². The molecular weight excluding hydrogens is 428 g/mol. The van der Waals surface area contributed by atoms with Crippen LogP contribution in [0.4, 0.5) is 5.69 Å². The Labute approximate surface area is 203 Å². The molecule has 2 aromatic carbocycles. The summed E-state index contributed by atoms with van der Waals surface area (Å²) >= 11 is 0. The zero-order chi connectivity index (χ0) is 24.6. The lowest BCUT2D eigenvalue weighted by atomic mass is 9.68. The Morgan fingerprint density at radius 1 is 1.06 bits per heavy atom. The number of ether oxygens (including phenoxy) is 2. The average molecular weight is 467 g/mol. The number of carbonyl (C=O) groups is 2. The smallest absolute Gasteiger partial charge is 0.228 e. The van der Waals surface area contributed by atoms with Gasteiger partial charge in [-0.05, 0) is 78.3 Å². The van der Waals surface area contributed by atoms with Gasteiger partial charge in [0.05, 0.1) is 20.1 Å². The van der Waals surface area contributed by atoms with E-state index in [1.807, 2.05) is 24.3 Å². The van der Waals surface area contributed by atoms with Crippen LogP contribution in [0.1, 0.15) is 63.5 Å². The monoisotopic (exact) mass is 466 g/mol. The third-order valence-electron chi connectivity index (χ3n) is 6.77. The molecule has 0 radical (unpaired) electrons. The summed E-state index contributed by atoms with van der Waals surface area (Å²) < 4.78 is 11.0. The minimum Gasteiger partial charge on any atom is -0.493 e. The van der Waals surface area contributed by atoms with Gasteiger partial charge in [-0.2, -0.15) is 0 Å². The van der Waals surface area contributed by atoms with Crippen LogP contribution in [0, 0.1) is 11.3 Å². The van der Waals surface area contributed by atoms with E-state index in [0.29, 0.717) is 42.4 Å². The normalized spacial score (nSPS) is 18.1. The van der Waals surface area contributed by atoms with Gasteiger partial charge in [-0.15, -0.1) is 0 Å². The number of carbonyl (C=O) groups excluding carboxylic acids is 2. The first-order chi connectivity index (χ1) is 16.3. The topological polar surface area (TPSA) is 76.7 Å². The highest BCUT2D eigenvalue weighted by atomic mass is 16.5. The number of hydrogen-bond donors (Lipinski definition) is 2. The van der Waals surface area contributed by atoms with Gasteiger partial charge in [0.15, 0.2) is 11.5 Å². The summed E-state index contributed by atoms with van der Waals surface area (Å²) in [6.45, 7) is 7.78. The summed E-state index contributed by atoms with van der Waals surface area (Å²) in [6, 6.07) is 13.8. The quantitative estimate of drug-likeness (QED) is 0.367. The molecule has 1 aliphatic carbocycles. The van der Waals surface area contributed by atoms with Gasteiger partial charge in [-0.1, -0.05) is 39.0 Å². The standard InChI is InChI=1S/C28H38N2O4/c1-28(2,3)23-11-9-21(10-12-23)22-6-5-7-24(18-22)30-27(32)17-20-8-13-25(26(16-20)33-4)34-15-14-29-19-31/h5-8,13,16,18-19,21,23H,9-12,14-15,17H2,1-4H3,(H,29,31)(H,30,32). The van der Waals surface area contributed by atoms with Crippen molar-refractivity contribution in [3.8, 4) is 11.5 Å². The zero-order valence-electron chi connectivity index (χ0n) is 20.9. The summed E-state index contributed by atoms with van der Waals surface area (Å²) in [6.07, 6.45) is 5.82. The molecule has 2 aromatic rings. The lowest BCUT2D eigenvalue weighted by Crippen LogP contribution is -2.25. The highest BCUT2D eigenvalue weighted by Crippen LogP contribution is 2.43. The fraction of sp³-hybridized carbons (Fsp3) is 0.500. The Kier molecular flexibility index (Phi) is 8.97.